The first-order valence-electron chi connectivity index (χ1n) is 9.59. The Morgan fingerprint density at radius 1 is 1.14 bits per heavy atom. The third-order valence-electron chi connectivity index (χ3n) is 4.31. The zero-order valence-electron chi connectivity index (χ0n) is 17.9. The van der Waals surface area contributed by atoms with Gasteiger partial charge in [0.25, 0.3) is 15.9 Å². The van der Waals surface area contributed by atoms with Gasteiger partial charge in [-0.25, -0.2) is 18.2 Å². The number of aromatic nitrogens is 1. The minimum atomic E-state index is -3.80. The molecule has 0 atom stereocenters. The van der Waals surface area contributed by atoms with E-state index in [9.17, 15) is 28.1 Å². The highest BCUT2D eigenvalue weighted by atomic mass is 35.5. The molecule has 3 aromatic rings. The highest BCUT2D eigenvalue weighted by Crippen LogP contribution is 2.26. The number of nitro groups is 1. The van der Waals surface area contributed by atoms with Crippen LogP contribution >= 0.6 is 22.9 Å². The van der Waals surface area contributed by atoms with Crippen molar-refractivity contribution < 1.29 is 32.4 Å². The predicted molar refractivity (Wildman–Crippen MR) is 127 cm³/mol. The van der Waals surface area contributed by atoms with Crippen LogP contribution in [0.2, 0.25) is 5.02 Å². The number of hydrogen-bond donors (Lipinski definition) is 1. The second-order valence-corrected chi connectivity index (χ2v) is 10.1. The number of halogens is 1. The van der Waals surface area contributed by atoms with Crippen LogP contribution in [0.5, 0.6) is 5.75 Å². The zero-order chi connectivity index (χ0) is 25.6. The molecule has 1 N–H and O–H groups in total. The van der Waals surface area contributed by atoms with Crippen LogP contribution in [0.4, 0.5) is 15.8 Å². The first-order valence-corrected chi connectivity index (χ1v) is 12.2. The van der Waals surface area contributed by atoms with E-state index in [-0.39, 0.29) is 20.8 Å². The molecule has 0 aliphatic rings. The topological polar surface area (TPSA) is 158 Å². The lowest BCUT2D eigenvalue weighted by Crippen LogP contribution is -2.26. The fourth-order valence-electron chi connectivity index (χ4n) is 2.55. The Morgan fingerprint density at radius 3 is 2.40 bits per heavy atom. The number of hydrogen-bond acceptors (Lipinski definition) is 10. The lowest BCUT2D eigenvalue weighted by molar-refractivity contribution is -0.380. The van der Waals surface area contributed by atoms with Gasteiger partial charge in [-0.15, -0.1) is 0 Å². The van der Waals surface area contributed by atoms with E-state index in [2.05, 4.69) is 10.3 Å². The highest BCUT2D eigenvalue weighted by Gasteiger charge is 2.21. The largest absolute Gasteiger partial charge is 0.482 e. The number of ether oxygens (including phenoxy) is 2. The maximum atomic E-state index is 12.7. The Balaban J connectivity index is 1.47. The van der Waals surface area contributed by atoms with Crippen LogP contribution in [0, 0.1) is 10.1 Å². The molecule has 1 heterocycles. The number of amides is 1. The van der Waals surface area contributed by atoms with Crippen molar-refractivity contribution in [3.63, 3.8) is 0 Å². The van der Waals surface area contributed by atoms with Crippen LogP contribution in [0.15, 0.2) is 59.6 Å². The molecule has 35 heavy (non-hydrogen) atoms. The van der Waals surface area contributed by atoms with Crippen LogP contribution in [-0.4, -0.2) is 50.5 Å². The number of nitrogens with one attached hydrogen (secondary N) is 1. The lowest BCUT2D eigenvalue weighted by Gasteiger charge is -2.20. The normalized spacial score (nSPS) is 10.9. The number of esters is 1. The molecule has 2 aromatic carbocycles. The predicted octanol–water partition coefficient (Wildman–Crippen LogP) is 3.09. The van der Waals surface area contributed by atoms with Crippen molar-refractivity contribution in [3.05, 3.63) is 69.9 Å². The molecule has 184 valence electrons. The van der Waals surface area contributed by atoms with Gasteiger partial charge in [-0.2, -0.15) is 0 Å². The summed E-state index contributed by atoms with van der Waals surface area (Å²) >= 11 is 6.47. The van der Waals surface area contributed by atoms with E-state index in [0.29, 0.717) is 22.0 Å². The standard InChI is InChI=1S/C20H17ClN4O8S2/c1-24(35(30,31)16-8-2-13(21)3-9-16)14-4-6-15(7-5-14)32-12-19(27)33-11-17(26)23-20-22-10-18(34-20)25(28)29/h2-10H,11-12H2,1H3,(H,22,23,26). The number of carbonyl (C=O) groups is 2. The molecule has 0 spiro atoms. The fourth-order valence-corrected chi connectivity index (χ4v) is 4.52. The molecule has 0 unspecified atom stereocenters. The number of rotatable bonds is 10. The van der Waals surface area contributed by atoms with E-state index < -0.39 is 40.0 Å². The Morgan fingerprint density at radius 2 is 1.80 bits per heavy atom. The van der Waals surface area contributed by atoms with Crippen molar-refractivity contribution in [1.29, 1.82) is 0 Å². The molecule has 15 heteroatoms. The second-order valence-electron chi connectivity index (χ2n) is 6.68. The molecule has 1 amide bonds. The summed E-state index contributed by atoms with van der Waals surface area (Å²) in [5, 5.41) is 13.1. The molecule has 0 aliphatic heterocycles. The van der Waals surface area contributed by atoms with Crippen LogP contribution in [0.3, 0.4) is 0 Å². The van der Waals surface area contributed by atoms with E-state index in [1.807, 2.05) is 0 Å². The van der Waals surface area contributed by atoms with E-state index in [0.717, 1.165) is 10.5 Å². The number of anilines is 2. The first kappa shape index (κ1) is 25.9. The van der Waals surface area contributed by atoms with Gasteiger partial charge in [0.1, 0.15) is 11.9 Å². The number of nitrogens with zero attached hydrogens (tertiary/aromatic N) is 3. The lowest BCUT2D eigenvalue weighted by atomic mass is 10.3. The third kappa shape index (κ3) is 6.88. The average Bonchev–Trinajstić information content (AvgIpc) is 3.30. The van der Waals surface area contributed by atoms with Crippen LogP contribution in [0.25, 0.3) is 0 Å². The van der Waals surface area contributed by atoms with E-state index in [1.165, 1.54) is 55.6 Å². The minimum Gasteiger partial charge on any atom is -0.482 e. The molecule has 0 saturated heterocycles. The molecule has 0 aliphatic carbocycles. The molecule has 0 bridgehead atoms. The van der Waals surface area contributed by atoms with E-state index in [1.54, 1.807) is 0 Å². The summed E-state index contributed by atoms with van der Waals surface area (Å²) in [6.45, 7) is -1.14. The van der Waals surface area contributed by atoms with Crippen molar-refractivity contribution in [2.45, 2.75) is 4.90 Å². The molecule has 0 saturated carbocycles. The molecule has 3 rings (SSSR count). The molecule has 1 aromatic heterocycles. The van der Waals surface area contributed by atoms with Gasteiger partial charge in [0, 0.05) is 12.1 Å². The Hall–Kier alpha value is -3.75. The maximum absolute atomic E-state index is 12.7. The van der Waals surface area contributed by atoms with Crippen LogP contribution in [0.1, 0.15) is 0 Å². The summed E-state index contributed by atoms with van der Waals surface area (Å²) in [4.78, 5) is 37.3. The smallest absolute Gasteiger partial charge is 0.345 e. The summed E-state index contributed by atoms with van der Waals surface area (Å²) in [5.74, 6) is -1.30. The maximum Gasteiger partial charge on any atom is 0.345 e. The monoisotopic (exact) mass is 540 g/mol. The molecule has 0 radical (unpaired) electrons. The first-order chi connectivity index (χ1) is 16.6. The van der Waals surface area contributed by atoms with Crippen molar-refractivity contribution in [1.82, 2.24) is 4.98 Å². The van der Waals surface area contributed by atoms with Crippen molar-refractivity contribution >= 4 is 60.7 Å². The number of sulfonamides is 1. The summed E-state index contributed by atoms with van der Waals surface area (Å²) in [6.07, 6.45) is 0.996. The summed E-state index contributed by atoms with van der Waals surface area (Å²) in [6, 6.07) is 11.7. The Labute approximate surface area is 208 Å². The van der Waals surface area contributed by atoms with Gasteiger partial charge in [-0.1, -0.05) is 11.6 Å². The van der Waals surface area contributed by atoms with Gasteiger partial charge in [0.05, 0.1) is 15.5 Å². The van der Waals surface area contributed by atoms with Gasteiger partial charge in [-0.05, 0) is 59.9 Å². The van der Waals surface area contributed by atoms with Gasteiger partial charge in [0.15, 0.2) is 18.3 Å². The van der Waals surface area contributed by atoms with Gasteiger partial charge >= 0.3 is 11.0 Å². The van der Waals surface area contributed by atoms with Crippen LogP contribution < -0.4 is 14.4 Å². The minimum absolute atomic E-state index is 0.00265. The second kappa shape index (κ2) is 11.1. The quantitative estimate of drug-likeness (QED) is 0.231. The Kier molecular flexibility index (Phi) is 8.22. The van der Waals surface area contributed by atoms with Gasteiger partial charge in [-0.3, -0.25) is 24.5 Å². The van der Waals surface area contributed by atoms with E-state index >= 15 is 0 Å². The van der Waals surface area contributed by atoms with Gasteiger partial charge in [0.2, 0.25) is 0 Å². The molecule has 0 fully saturated rings. The zero-order valence-corrected chi connectivity index (χ0v) is 20.3. The van der Waals surface area contributed by atoms with E-state index in [4.69, 9.17) is 21.1 Å². The van der Waals surface area contributed by atoms with Gasteiger partial charge < -0.3 is 9.47 Å². The highest BCUT2D eigenvalue weighted by molar-refractivity contribution is 7.92. The van der Waals surface area contributed by atoms with Crippen molar-refractivity contribution in [2.24, 2.45) is 0 Å². The van der Waals surface area contributed by atoms with Crippen molar-refractivity contribution in [2.75, 3.05) is 29.9 Å². The summed E-state index contributed by atoms with van der Waals surface area (Å²) in [7, 11) is -2.41. The Bertz CT molecular complexity index is 1330. The summed E-state index contributed by atoms with van der Waals surface area (Å²) in [5.41, 5.74) is 0.356. The number of carbonyl (C=O) groups excluding carboxylic acids is 2. The molecular weight excluding hydrogens is 524 g/mol. The fraction of sp³-hybridized carbons (Fsp3) is 0.150. The van der Waals surface area contributed by atoms with Crippen LogP contribution in [-0.2, 0) is 24.3 Å². The third-order valence-corrected chi connectivity index (χ3v) is 7.23. The SMILES string of the molecule is CN(c1ccc(OCC(=O)OCC(=O)Nc2ncc([N+](=O)[O-])s2)cc1)S(=O)(=O)c1ccc(Cl)cc1. The summed E-state index contributed by atoms with van der Waals surface area (Å²) < 4.78 is 36.6. The van der Waals surface area contributed by atoms with Crippen molar-refractivity contribution in [3.8, 4) is 5.75 Å². The molecular formula is C20H17ClN4O8S2. The number of thiazole rings is 1. The number of benzene rings is 2. The average molecular weight is 541 g/mol. The molecule has 12 nitrogen and oxygen atoms in total.